The molecule has 19 heavy (non-hydrogen) atoms. The Kier molecular flexibility index (Phi) is 8.71. The van der Waals surface area contributed by atoms with Gasteiger partial charge in [-0.3, -0.25) is 11.3 Å². The van der Waals surface area contributed by atoms with Gasteiger partial charge in [-0.15, -0.1) is 11.3 Å². The highest BCUT2D eigenvalue weighted by Gasteiger charge is 2.16. The highest BCUT2D eigenvalue weighted by molar-refractivity contribution is 7.10. The fraction of sp³-hybridized carbons (Fsp3) is 0.733. The number of rotatable bonds is 10. The van der Waals surface area contributed by atoms with E-state index in [2.05, 4.69) is 17.7 Å². The zero-order valence-corrected chi connectivity index (χ0v) is 13.7. The van der Waals surface area contributed by atoms with E-state index < -0.39 is 0 Å². The molecule has 0 aliphatic heterocycles. The van der Waals surface area contributed by atoms with E-state index in [0.717, 1.165) is 17.0 Å². The van der Waals surface area contributed by atoms with Gasteiger partial charge in [-0.25, -0.2) is 0 Å². The molecule has 0 saturated heterocycles. The van der Waals surface area contributed by atoms with Crippen molar-refractivity contribution in [2.45, 2.75) is 71.3 Å². The monoisotopic (exact) mass is 302 g/mol. The molecule has 2 nitrogen and oxygen atoms in total. The van der Waals surface area contributed by atoms with Crippen LogP contribution in [0.3, 0.4) is 0 Å². The minimum absolute atomic E-state index is 0.210. The number of hydrogen-bond donors (Lipinski definition) is 2. The van der Waals surface area contributed by atoms with Crippen molar-refractivity contribution in [2.75, 3.05) is 0 Å². The van der Waals surface area contributed by atoms with Crippen LogP contribution in [0.4, 0.5) is 0 Å². The first kappa shape index (κ1) is 17.0. The van der Waals surface area contributed by atoms with Crippen molar-refractivity contribution in [3.05, 3.63) is 20.8 Å². The molecule has 0 aliphatic carbocycles. The molecule has 1 aromatic rings. The largest absolute Gasteiger partial charge is 0.271 e. The van der Waals surface area contributed by atoms with Crippen LogP contribution in [0, 0.1) is 6.92 Å². The molecule has 4 heteroatoms. The van der Waals surface area contributed by atoms with Crippen LogP contribution in [0.5, 0.6) is 0 Å². The maximum atomic E-state index is 6.29. The summed E-state index contributed by atoms with van der Waals surface area (Å²) in [6, 6.07) is 0.210. The van der Waals surface area contributed by atoms with Crippen LogP contribution in [0.2, 0.25) is 5.02 Å². The van der Waals surface area contributed by atoms with Crippen LogP contribution >= 0.6 is 22.9 Å². The van der Waals surface area contributed by atoms with Crippen LogP contribution in [0.15, 0.2) is 5.38 Å². The number of hydrogen-bond acceptors (Lipinski definition) is 3. The average molecular weight is 303 g/mol. The maximum absolute atomic E-state index is 6.29. The Morgan fingerprint density at radius 2 is 1.84 bits per heavy atom. The van der Waals surface area contributed by atoms with E-state index >= 15 is 0 Å². The van der Waals surface area contributed by atoms with E-state index in [1.807, 2.05) is 6.92 Å². The van der Waals surface area contributed by atoms with Crippen LogP contribution in [0.1, 0.15) is 74.8 Å². The lowest BCUT2D eigenvalue weighted by Gasteiger charge is -2.15. The van der Waals surface area contributed by atoms with Gasteiger partial charge < -0.3 is 0 Å². The number of unbranched alkanes of at least 4 members (excludes halogenated alkanes) is 6. The Bertz CT molecular complexity index is 352. The van der Waals surface area contributed by atoms with Crippen molar-refractivity contribution in [3.8, 4) is 0 Å². The highest BCUT2D eigenvalue weighted by atomic mass is 35.5. The van der Waals surface area contributed by atoms with E-state index in [1.165, 1.54) is 49.8 Å². The molecular weight excluding hydrogens is 276 g/mol. The lowest BCUT2D eigenvalue weighted by Crippen LogP contribution is -2.27. The fourth-order valence-corrected chi connectivity index (χ4v) is 3.70. The van der Waals surface area contributed by atoms with Crippen LogP contribution in [0.25, 0.3) is 0 Å². The first-order chi connectivity index (χ1) is 9.20. The summed E-state index contributed by atoms with van der Waals surface area (Å²) >= 11 is 8.00. The van der Waals surface area contributed by atoms with Gasteiger partial charge in [-0.05, 0) is 24.3 Å². The molecule has 1 unspecified atom stereocenters. The quantitative estimate of drug-likeness (QED) is 0.347. The summed E-state index contributed by atoms with van der Waals surface area (Å²) in [6.45, 7) is 4.30. The van der Waals surface area contributed by atoms with Gasteiger partial charge in [0.1, 0.15) is 0 Å². The number of hydrazine groups is 1. The second-order valence-corrected chi connectivity index (χ2v) is 6.52. The first-order valence-electron chi connectivity index (χ1n) is 7.40. The van der Waals surface area contributed by atoms with Crippen molar-refractivity contribution < 1.29 is 0 Å². The Hall–Kier alpha value is -0.0900. The molecule has 0 bridgehead atoms. The number of halogens is 1. The van der Waals surface area contributed by atoms with Gasteiger partial charge in [0.25, 0.3) is 0 Å². The third-order valence-electron chi connectivity index (χ3n) is 3.54. The van der Waals surface area contributed by atoms with Crippen molar-refractivity contribution in [1.82, 2.24) is 5.43 Å². The predicted octanol–water partition coefficient (Wildman–Crippen LogP) is 5.36. The number of nitrogens with one attached hydrogen (secondary N) is 1. The van der Waals surface area contributed by atoms with E-state index in [-0.39, 0.29) is 6.04 Å². The zero-order chi connectivity index (χ0) is 14.1. The third kappa shape index (κ3) is 5.82. The summed E-state index contributed by atoms with van der Waals surface area (Å²) in [7, 11) is 0. The van der Waals surface area contributed by atoms with Gasteiger partial charge in [0.05, 0.1) is 11.1 Å². The SMILES string of the molecule is CCCCCCCCCC(NN)c1scc(C)c1Cl. The normalized spacial score (nSPS) is 12.8. The van der Waals surface area contributed by atoms with Crippen molar-refractivity contribution >= 4 is 22.9 Å². The van der Waals surface area contributed by atoms with Gasteiger partial charge in [0.2, 0.25) is 0 Å². The van der Waals surface area contributed by atoms with E-state index in [1.54, 1.807) is 11.3 Å². The summed E-state index contributed by atoms with van der Waals surface area (Å²) in [4.78, 5) is 1.19. The zero-order valence-electron chi connectivity index (χ0n) is 12.2. The molecule has 0 amide bonds. The molecule has 0 aliphatic rings. The smallest absolute Gasteiger partial charge is 0.0590 e. The molecule has 110 valence electrons. The van der Waals surface area contributed by atoms with E-state index in [4.69, 9.17) is 17.4 Å². The molecule has 0 spiro atoms. The maximum Gasteiger partial charge on any atom is 0.0590 e. The second-order valence-electron chi connectivity index (χ2n) is 5.23. The summed E-state index contributed by atoms with van der Waals surface area (Å²) in [5.74, 6) is 5.66. The molecule has 3 N–H and O–H groups in total. The molecule has 0 aromatic carbocycles. The minimum atomic E-state index is 0.210. The summed E-state index contributed by atoms with van der Waals surface area (Å²) in [5, 5.41) is 2.99. The lowest BCUT2D eigenvalue weighted by atomic mass is 10.0. The molecule has 0 saturated carbocycles. The molecule has 1 aromatic heterocycles. The van der Waals surface area contributed by atoms with Gasteiger partial charge in [0, 0.05) is 4.88 Å². The average Bonchev–Trinajstić information content (AvgIpc) is 2.74. The highest BCUT2D eigenvalue weighted by Crippen LogP contribution is 2.34. The minimum Gasteiger partial charge on any atom is -0.271 e. The summed E-state index contributed by atoms with van der Waals surface area (Å²) in [6.07, 6.45) is 10.4. The predicted molar refractivity (Wildman–Crippen MR) is 86.7 cm³/mol. The first-order valence-corrected chi connectivity index (χ1v) is 8.66. The van der Waals surface area contributed by atoms with Gasteiger partial charge in [-0.2, -0.15) is 0 Å². The van der Waals surface area contributed by atoms with E-state index in [9.17, 15) is 0 Å². The molecule has 1 atom stereocenters. The van der Waals surface area contributed by atoms with Crippen molar-refractivity contribution in [2.24, 2.45) is 5.84 Å². The Morgan fingerprint density at radius 1 is 1.21 bits per heavy atom. The number of thiophene rings is 1. The Labute approximate surface area is 126 Å². The van der Waals surface area contributed by atoms with Crippen LogP contribution in [-0.2, 0) is 0 Å². The number of nitrogens with two attached hydrogens (primary N) is 1. The molecule has 1 rings (SSSR count). The topological polar surface area (TPSA) is 38.0 Å². The standard InChI is InChI=1S/C15H27ClN2S/c1-3-4-5-6-7-8-9-10-13(18-17)15-14(16)12(2)11-19-15/h11,13,18H,3-10,17H2,1-2H3. The summed E-state index contributed by atoms with van der Waals surface area (Å²) in [5.41, 5.74) is 4.06. The van der Waals surface area contributed by atoms with Crippen LogP contribution in [-0.4, -0.2) is 0 Å². The lowest BCUT2D eigenvalue weighted by molar-refractivity contribution is 0.481. The fourth-order valence-electron chi connectivity index (χ4n) is 2.28. The van der Waals surface area contributed by atoms with Gasteiger partial charge >= 0.3 is 0 Å². The van der Waals surface area contributed by atoms with Gasteiger partial charge in [-0.1, -0.05) is 63.5 Å². The molecule has 0 radical (unpaired) electrons. The summed E-state index contributed by atoms with van der Waals surface area (Å²) < 4.78 is 0. The van der Waals surface area contributed by atoms with E-state index in [0.29, 0.717) is 0 Å². The Balaban J connectivity index is 2.24. The molecule has 0 fully saturated rings. The molecule has 1 heterocycles. The number of aryl methyl sites for hydroxylation is 1. The van der Waals surface area contributed by atoms with Crippen LogP contribution < -0.4 is 11.3 Å². The second kappa shape index (κ2) is 9.76. The van der Waals surface area contributed by atoms with Crippen molar-refractivity contribution in [1.29, 1.82) is 0 Å². The van der Waals surface area contributed by atoms with Crippen molar-refractivity contribution in [3.63, 3.8) is 0 Å². The molecular formula is C15H27ClN2S. The Morgan fingerprint density at radius 3 is 2.37 bits per heavy atom. The van der Waals surface area contributed by atoms with Gasteiger partial charge in [0.15, 0.2) is 0 Å². The third-order valence-corrected chi connectivity index (χ3v) is 5.37.